The summed E-state index contributed by atoms with van der Waals surface area (Å²) in [6.45, 7) is 0.881. The van der Waals surface area contributed by atoms with Crippen molar-refractivity contribution in [2.24, 2.45) is 16.0 Å². The van der Waals surface area contributed by atoms with Gasteiger partial charge in [0, 0.05) is 53.6 Å². The molecule has 7 aromatic rings. The van der Waals surface area contributed by atoms with Crippen LogP contribution in [0.3, 0.4) is 0 Å². The SMILES string of the molecule is COc1cc(C(=O)N2CC[C@]3(C=C(C(=O)NS(N)(=O)=O)CC3)Cc3ccccc32)ccc1NC(=O)c1cc(F)ccc1Cl.COc1cc(C(=O)N2CC[C@]3(C=C(c4ncc[nH]4)CC3)Cc3ccccc32)ccc1NC(=O)c1cc(F)ccc1Cl. The molecule has 2 aliphatic heterocycles. The zero-order valence-corrected chi connectivity index (χ0v) is 47.8. The Bertz CT molecular complexity index is 3960. The van der Waals surface area contributed by atoms with E-state index in [1.54, 1.807) is 35.4 Å². The van der Waals surface area contributed by atoms with Gasteiger partial charge in [0.25, 0.3) is 39.7 Å². The summed E-state index contributed by atoms with van der Waals surface area (Å²) in [5, 5.41) is 10.6. The molecular formula is C62H56Cl2F2N8O9S. The number of hydrogen-bond donors (Lipinski definition) is 5. The van der Waals surface area contributed by atoms with Gasteiger partial charge in [-0.25, -0.2) is 23.6 Å². The van der Waals surface area contributed by atoms with Gasteiger partial charge >= 0.3 is 0 Å². The number of aromatic amines is 1. The highest BCUT2D eigenvalue weighted by atomic mass is 35.5. The minimum atomic E-state index is -4.19. The number of anilines is 4. The number of nitrogens with zero attached hydrogens (tertiary/aromatic N) is 3. The molecule has 4 aliphatic rings. The van der Waals surface area contributed by atoms with E-state index < -0.39 is 45.0 Å². The van der Waals surface area contributed by atoms with Crippen molar-refractivity contribution in [1.82, 2.24) is 14.7 Å². The van der Waals surface area contributed by atoms with Gasteiger partial charge in [-0.05, 0) is 164 Å². The maximum Gasteiger partial charge on any atom is 0.298 e. The van der Waals surface area contributed by atoms with Crippen molar-refractivity contribution in [1.29, 1.82) is 0 Å². The van der Waals surface area contributed by atoms with Crippen LogP contribution in [0.25, 0.3) is 5.57 Å². The second-order valence-corrected chi connectivity index (χ2v) is 23.1. The number of rotatable bonds is 11. The van der Waals surface area contributed by atoms with E-state index in [0.29, 0.717) is 66.9 Å². The third kappa shape index (κ3) is 12.8. The summed E-state index contributed by atoms with van der Waals surface area (Å²) in [6.07, 6.45) is 13.4. The summed E-state index contributed by atoms with van der Waals surface area (Å²) in [5.41, 5.74) is 5.96. The number of fused-ring (bicyclic) bond motifs is 2. The number of carbonyl (C=O) groups excluding carboxylic acids is 5. The van der Waals surface area contributed by atoms with Crippen LogP contribution in [0.5, 0.6) is 11.5 Å². The second-order valence-electron chi connectivity index (χ2n) is 21.0. The molecule has 17 nitrogen and oxygen atoms in total. The molecule has 0 saturated carbocycles. The maximum atomic E-state index is 14.0. The van der Waals surface area contributed by atoms with Crippen LogP contribution in [0.15, 0.2) is 151 Å². The number of nitrogens with one attached hydrogen (secondary N) is 4. The number of halogens is 4. The maximum absolute atomic E-state index is 14.0. The summed E-state index contributed by atoms with van der Waals surface area (Å²) in [4.78, 5) is 77.1. The van der Waals surface area contributed by atoms with Crippen molar-refractivity contribution in [2.75, 3.05) is 47.7 Å². The standard InChI is InChI=1S/C32H28ClFN4O3.C30H28ClFN4O6S/c1-41-28-16-20(6-9-26(28)37-30(39)24-17-23(34)7-8-25(24)33)31(40)38-15-12-32(18-21-4-2-3-5-27(21)38)11-10-22(19-32)29-35-13-14-36-29;1-42-26-14-18(6-9-24(26)34-28(38)22-15-21(32)7-8-23(22)31)29(39)36-13-12-30(16-19-4-2-3-5-25(19)36)11-10-20(17-30)27(37)35-43(33,40)41/h2-9,13-14,16-17,19H,10-12,15,18H2,1H3,(H,35,36)(H,37,39);2-9,14-15,17H,10-13,16H2,1H3,(H,34,38)(H,35,37)(H2,33,40,41)/t32-;30-/m00/s1. The molecule has 0 fully saturated rings. The van der Waals surface area contributed by atoms with Gasteiger partial charge in [-0.15, -0.1) is 0 Å². The van der Waals surface area contributed by atoms with Gasteiger partial charge in [0.05, 0.1) is 46.8 Å². The molecule has 0 bridgehead atoms. The van der Waals surface area contributed by atoms with Crippen LogP contribution in [0.1, 0.15) is 96.9 Å². The number of imidazole rings is 1. The average Bonchev–Trinajstić information content (AvgIpc) is 4.11. The topological polar surface area (TPSA) is 235 Å². The highest BCUT2D eigenvalue weighted by molar-refractivity contribution is 7.87. The fourth-order valence-corrected chi connectivity index (χ4v) is 12.3. The van der Waals surface area contributed by atoms with Crippen molar-refractivity contribution in [2.45, 2.75) is 51.4 Å². The van der Waals surface area contributed by atoms with Crippen molar-refractivity contribution in [3.05, 3.63) is 212 Å². The summed E-state index contributed by atoms with van der Waals surface area (Å²) >= 11 is 12.2. The number of ether oxygens (including phenoxy) is 2. The van der Waals surface area contributed by atoms with E-state index in [1.165, 1.54) is 50.1 Å². The van der Waals surface area contributed by atoms with Crippen molar-refractivity contribution >= 4 is 91.3 Å². The lowest BCUT2D eigenvalue weighted by Gasteiger charge is -2.26. The Hall–Kier alpha value is -8.69. The van der Waals surface area contributed by atoms with E-state index in [9.17, 15) is 41.2 Å². The number of hydrogen-bond acceptors (Lipinski definition) is 10. The Balaban J connectivity index is 0.000000187. The summed E-state index contributed by atoms with van der Waals surface area (Å²) in [5.74, 6) is -2.19. The van der Waals surface area contributed by atoms with Gasteiger partial charge in [0.15, 0.2) is 0 Å². The molecule has 22 heteroatoms. The average molecular weight is 1200 g/mol. The fourth-order valence-electron chi connectivity index (χ4n) is 11.5. The number of benzene rings is 6. The van der Waals surface area contributed by atoms with Crippen LogP contribution in [0, 0.1) is 22.5 Å². The molecule has 6 N–H and O–H groups in total. The lowest BCUT2D eigenvalue weighted by atomic mass is 9.79. The van der Waals surface area contributed by atoms with E-state index >= 15 is 0 Å². The van der Waals surface area contributed by atoms with Crippen LogP contribution < -0.4 is 39.8 Å². The highest BCUT2D eigenvalue weighted by Crippen LogP contribution is 2.49. The van der Waals surface area contributed by atoms with Crippen LogP contribution in [-0.2, 0) is 27.8 Å². The first-order valence-corrected chi connectivity index (χ1v) is 29.0. The number of carbonyl (C=O) groups is 5. The fraction of sp³-hybridized carbons (Fsp3) is 0.226. The molecule has 2 spiro atoms. The van der Waals surface area contributed by atoms with Gasteiger partial charge in [0.1, 0.15) is 29.0 Å². The summed E-state index contributed by atoms with van der Waals surface area (Å²) in [6, 6.07) is 32.1. The highest BCUT2D eigenvalue weighted by Gasteiger charge is 2.41. The van der Waals surface area contributed by atoms with Crippen LogP contribution in [0.2, 0.25) is 10.0 Å². The Morgan fingerprint density at radius 1 is 0.631 bits per heavy atom. The Labute approximate surface area is 493 Å². The Morgan fingerprint density at radius 3 is 1.60 bits per heavy atom. The van der Waals surface area contributed by atoms with Crippen molar-refractivity contribution < 1.29 is 50.6 Å². The lowest BCUT2D eigenvalue weighted by Crippen LogP contribution is -2.36. The van der Waals surface area contributed by atoms with Crippen LogP contribution >= 0.6 is 23.2 Å². The molecule has 3 heterocycles. The predicted octanol–water partition coefficient (Wildman–Crippen LogP) is 11.3. The normalized spacial score (nSPS) is 18.0. The van der Waals surface area contributed by atoms with E-state index in [0.717, 1.165) is 72.2 Å². The molecule has 11 rings (SSSR count). The minimum absolute atomic E-state index is 0.000132. The summed E-state index contributed by atoms with van der Waals surface area (Å²) < 4.78 is 63.0. The summed E-state index contributed by atoms with van der Waals surface area (Å²) in [7, 11) is -1.33. The largest absolute Gasteiger partial charge is 0.495 e. The van der Waals surface area contributed by atoms with E-state index in [4.69, 9.17) is 37.8 Å². The molecule has 5 amide bonds. The van der Waals surface area contributed by atoms with E-state index in [-0.39, 0.29) is 49.8 Å². The van der Waals surface area contributed by atoms with E-state index in [2.05, 4.69) is 32.7 Å². The Kier molecular flexibility index (Phi) is 16.9. The third-order valence-corrected chi connectivity index (χ3v) is 16.7. The van der Waals surface area contributed by atoms with Crippen molar-refractivity contribution in [3.8, 4) is 11.5 Å². The second kappa shape index (κ2) is 24.3. The number of allylic oxidation sites excluding steroid dienone is 3. The first-order valence-electron chi connectivity index (χ1n) is 26.7. The molecule has 2 atom stereocenters. The third-order valence-electron chi connectivity index (χ3n) is 15.6. The number of para-hydroxylation sites is 2. The number of aromatic nitrogens is 2. The van der Waals surface area contributed by atoms with Crippen LogP contribution in [0.4, 0.5) is 31.5 Å². The van der Waals surface area contributed by atoms with Crippen molar-refractivity contribution in [3.63, 3.8) is 0 Å². The molecule has 1 aromatic heterocycles. The van der Waals surface area contributed by atoms with Gasteiger partial charge in [-0.3, -0.25) is 24.0 Å². The number of methoxy groups -OCH3 is 2. The number of nitrogens with two attached hydrogens (primary N) is 1. The first kappa shape index (κ1) is 58.5. The molecule has 0 radical (unpaired) electrons. The number of H-pyrrole nitrogens is 1. The first-order chi connectivity index (χ1) is 40.2. The number of amides is 5. The molecule has 432 valence electrons. The van der Waals surface area contributed by atoms with Gasteiger partial charge < -0.3 is 34.9 Å². The monoisotopic (exact) mass is 1200 g/mol. The Morgan fingerprint density at radius 2 is 1.12 bits per heavy atom. The van der Waals surface area contributed by atoms with Gasteiger partial charge in [-0.1, -0.05) is 71.8 Å². The molecule has 2 aliphatic carbocycles. The molecule has 0 unspecified atom stereocenters. The predicted molar refractivity (Wildman–Crippen MR) is 317 cm³/mol. The lowest BCUT2D eigenvalue weighted by molar-refractivity contribution is -0.115. The zero-order valence-electron chi connectivity index (χ0n) is 45.4. The molecule has 6 aromatic carbocycles. The van der Waals surface area contributed by atoms with Gasteiger partial charge in [-0.2, -0.15) is 8.42 Å². The quantitative estimate of drug-likeness (QED) is 0.0821. The molecule has 84 heavy (non-hydrogen) atoms. The smallest absolute Gasteiger partial charge is 0.298 e. The molecular weight excluding hydrogens is 1140 g/mol. The minimum Gasteiger partial charge on any atom is -0.495 e. The van der Waals surface area contributed by atoms with Crippen LogP contribution in [-0.4, -0.2) is 75.2 Å². The molecule has 0 saturated heterocycles. The zero-order chi connectivity index (χ0) is 59.5. The van der Waals surface area contributed by atoms with E-state index in [1.807, 2.05) is 64.4 Å². The van der Waals surface area contributed by atoms with Gasteiger partial charge in [0.2, 0.25) is 0 Å².